The Hall–Kier alpha value is -0.120. The Labute approximate surface area is 92.2 Å². The maximum Gasteiger partial charge on any atom is 0.0619 e. The Morgan fingerprint density at radius 1 is 1.13 bits per heavy atom. The van der Waals surface area contributed by atoms with Crippen LogP contribution in [0.3, 0.4) is 0 Å². The molecule has 0 aromatic carbocycles. The van der Waals surface area contributed by atoms with Gasteiger partial charge in [0.15, 0.2) is 0 Å². The van der Waals surface area contributed by atoms with Gasteiger partial charge in [0.25, 0.3) is 0 Å². The first kappa shape index (κ1) is 10.1. The predicted molar refractivity (Wildman–Crippen MR) is 59.9 cm³/mol. The predicted octanol–water partition coefficient (Wildman–Crippen LogP) is 0.849. The molecule has 15 heavy (non-hydrogen) atoms. The molecular formula is C12H22N2O. The van der Waals surface area contributed by atoms with Crippen LogP contribution in [-0.4, -0.2) is 49.8 Å². The highest BCUT2D eigenvalue weighted by atomic mass is 16.5. The lowest BCUT2D eigenvalue weighted by atomic mass is 9.83. The summed E-state index contributed by atoms with van der Waals surface area (Å²) in [7, 11) is 0. The summed E-state index contributed by atoms with van der Waals surface area (Å²) in [5.41, 5.74) is 0. The van der Waals surface area contributed by atoms with E-state index in [4.69, 9.17) is 4.74 Å². The minimum atomic E-state index is 0.629. The van der Waals surface area contributed by atoms with Gasteiger partial charge in [0.2, 0.25) is 0 Å². The van der Waals surface area contributed by atoms with Crippen LogP contribution in [0.1, 0.15) is 25.7 Å². The fourth-order valence-electron chi connectivity index (χ4n) is 3.33. The molecule has 86 valence electrons. The monoisotopic (exact) mass is 210 g/mol. The van der Waals surface area contributed by atoms with Crippen molar-refractivity contribution in [3.8, 4) is 0 Å². The third kappa shape index (κ3) is 2.19. The van der Waals surface area contributed by atoms with E-state index in [1.54, 1.807) is 0 Å². The smallest absolute Gasteiger partial charge is 0.0619 e. The zero-order valence-electron chi connectivity index (χ0n) is 9.45. The number of piperidine rings is 3. The molecule has 0 radical (unpaired) electrons. The molecule has 0 saturated carbocycles. The average molecular weight is 210 g/mol. The maximum absolute atomic E-state index is 5.53. The molecule has 0 aromatic rings. The van der Waals surface area contributed by atoms with E-state index in [9.17, 15) is 0 Å². The number of hydrogen-bond donors (Lipinski definition) is 1. The Bertz CT molecular complexity index is 208. The molecule has 0 spiro atoms. The molecular weight excluding hydrogens is 188 g/mol. The molecule has 2 bridgehead atoms. The number of rotatable bonds is 2. The molecule has 2 unspecified atom stereocenters. The van der Waals surface area contributed by atoms with Crippen molar-refractivity contribution in [1.82, 2.24) is 10.2 Å². The largest absolute Gasteiger partial charge is 0.380 e. The van der Waals surface area contributed by atoms with E-state index in [0.717, 1.165) is 25.2 Å². The summed E-state index contributed by atoms with van der Waals surface area (Å²) >= 11 is 0. The molecule has 4 fully saturated rings. The third-order valence-electron chi connectivity index (χ3n) is 4.27. The van der Waals surface area contributed by atoms with Gasteiger partial charge in [0, 0.05) is 25.2 Å². The topological polar surface area (TPSA) is 24.5 Å². The lowest BCUT2D eigenvalue weighted by Crippen LogP contribution is -2.59. The van der Waals surface area contributed by atoms with Crippen LogP contribution in [0.5, 0.6) is 0 Å². The summed E-state index contributed by atoms with van der Waals surface area (Å²) in [6.07, 6.45) is 5.36. The maximum atomic E-state index is 5.53. The lowest BCUT2D eigenvalue weighted by Gasteiger charge is -2.46. The SMILES string of the molecule is C1COCC(NC2CN3CCC2CC3)C1. The second kappa shape index (κ2) is 4.40. The van der Waals surface area contributed by atoms with Crippen molar-refractivity contribution < 1.29 is 4.74 Å². The second-order valence-corrected chi connectivity index (χ2v) is 5.33. The first-order chi connectivity index (χ1) is 7.42. The van der Waals surface area contributed by atoms with Crippen molar-refractivity contribution in [3.05, 3.63) is 0 Å². The second-order valence-electron chi connectivity index (χ2n) is 5.33. The van der Waals surface area contributed by atoms with Gasteiger partial charge in [-0.05, 0) is 44.7 Å². The summed E-state index contributed by atoms with van der Waals surface area (Å²) in [5.74, 6) is 0.942. The Morgan fingerprint density at radius 2 is 2.00 bits per heavy atom. The van der Waals surface area contributed by atoms with Gasteiger partial charge in [-0.25, -0.2) is 0 Å². The lowest BCUT2D eigenvalue weighted by molar-refractivity contribution is 0.0318. The number of nitrogens with zero attached hydrogens (tertiary/aromatic N) is 1. The van der Waals surface area contributed by atoms with Crippen LogP contribution in [0.25, 0.3) is 0 Å². The van der Waals surface area contributed by atoms with Gasteiger partial charge >= 0.3 is 0 Å². The minimum absolute atomic E-state index is 0.629. The molecule has 1 N–H and O–H groups in total. The summed E-state index contributed by atoms with van der Waals surface area (Å²) in [5, 5.41) is 3.82. The third-order valence-corrected chi connectivity index (χ3v) is 4.27. The number of ether oxygens (including phenoxy) is 1. The normalized spacial score (nSPS) is 45.6. The van der Waals surface area contributed by atoms with Crippen molar-refractivity contribution in [1.29, 1.82) is 0 Å². The van der Waals surface area contributed by atoms with E-state index in [1.807, 2.05) is 0 Å². The van der Waals surface area contributed by atoms with Crippen molar-refractivity contribution in [2.45, 2.75) is 37.8 Å². The van der Waals surface area contributed by atoms with E-state index in [-0.39, 0.29) is 0 Å². The standard InChI is InChI=1S/C12H22N2O/c1-2-11(9-15-7-1)13-12-8-14-5-3-10(12)4-6-14/h10-13H,1-9H2. The highest BCUT2D eigenvalue weighted by molar-refractivity contribution is 4.92. The van der Waals surface area contributed by atoms with Crippen molar-refractivity contribution >= 4 is 0 Å². The van der Waals surface area contributed by atoms with Crippen molar-refractivity contribution in [2.75, 3.05) is 32.8 Å². The van der Waals surface area contributed by atoms with Gasteiger partial charge in [-0.1, -0.05) is 0 Å². The molecule has 4 rings (SSSR count). The number of hydrogen-bond acceptors (Lipinski definition) is 3. The zero-order chi connectivity index (χ0) is 10.1. The van der Waals surface area contributed by atoms with E-state index in [0.29, 0.717) is 6.04 Å². The summed E-state index contributed by atoms with van der Waals surface area (Å²) < 4.78 is 5.53. The molecule has 3 heteroatoms. The molecule has 4 aliphatic rings. The summed E-state index contributed by atoms with van der Waals surface area (Å²) in [6, 6.07) is 1.38. The first-order valence-corrected chi connectivity index (χ1v) is 6.48. The van der Waals surface area contributed by atoms with Gasteiger partial charge in [-0.2, -0.15) is 0 Å². The van der Waals surface area contributed by atoms with Crippen LogP contribution in [0.4, 0.5) is 0 Å². The Kier molecular flexibility index (Phi) is 2.95. The summed E-state index contributed by atoms with van der Waals surface area (Å²) in [4.78, 5) is 2.61. The number of fused-ring (bicyclic) bond motifs is 3. The van der Waals surface area contributed by atoms with Crippen LogP contribution in [0.2, 0.25) is 0 Å². The van der Waals surface area contributed by atoms with Crippen molar-refractivity contribution in [2.24, 2.45) is 5.92 Å². The quantitative estimate of drug-likeness (QED) is 0.731. The van der Waals surface area contributed by atoms with Crippen LogP contribution < -0.4 is 5.32 Å². The first-order valence-electron chi connectivity index (χ1n) is 6.48. The fraction of sp³-hybridized carbons (Fsp3) is 1.00. The Balaban J connectivity index is 1.54. The van der Waals surface area contributed by atoms with E-state index in [1.165, 1.54) is 45.3 Å². The molecule has 4 aliphatic heterocycles. The molecule has 4 saturated heterocycles. The van der Waals surface area contributed by atoms with E-state index >= 15 is 0 Å². The van der Waals surface area contributed by atoms with Crippen LogP contribution >= 0.6 is 0 Å². The Morgan fingerprint density at radius 3 is 2.60 bits per heavy atom. The van der Waals surface area contributed by atoms with Crippen LogP contribution in [-0.2, 0) is 4.74 Å². The van der Waals surface area contributed by atoms with E-state index < -0.39 is 0 Å². The highest BCUT2D eigenvalue weighted by Crippen LogP contribution is 2.28. The minimum Gasteiger partial charge on any atom is -0.380 e. The van der Waals surface area contributed by atoms with E-state index in [2.05, 4.69) is 10.2 Å². The molecule has 2 atom stereocenters. The molecule has 0 aliphatic carbocycles. The van der Waals surface area contributed by atoms with Gasteiger partial charge in [-0.3, -0.25) is 0 Å². The molecule has 3 nitrogen and oxygen atoms in total. The van der Waals surface area contributed by atoms with Gasteiger partial charge in [0.05, 0.1) is 6.61 Å². The average Bonchev–Trinajstić information content (AvgIpc) is 2.32. The molecule has 4 heterocycles. The van der Waals surface area contributed by atoms with Crippen LogP contribution in [0.15, 0.2) is 0 Å². The van der Waals surface area contributed by atoms with Gasteiger partial charge in [0.1, 0.15) is 0 Å². The molecule has 0 aromatic heterocycles. The summed E-state index contributed by atoms with van der Waals surface area (Å²) in [6.45, 7) is 5.86. The zero-order valence-corrected chi connectivity index (χ0v) is 9.45. The van der Waals surface area contributed by atoms with Gasteiger partial charge in [-0.15, -0.1) is 0 Å². The highest BCUT2D eigenvalue weighted by Gasteiger charge is 2.35. The molecule has 0 amide bonds. The fourth-order valence-corrected chi connectivity index (χ4v) is 3.33. The van der Waals surface area contributed by atoms with Gasteiger partial charge < -0.3 is 15.0 Å². The number of nitrogens with one attached hydrogen (secondary N) is 1. The van der Waals surface area contributed by atoms with Crippen LogP contribution in [0, 0.1) is 5.92 Å². The van der Waals surface area contributed by atoms with Crippen molar-refractivity contribution in [3.63, 3.8) is 0 Å².